The maximum Gasteiger partial charge on any atom is 0.127 e. The zero-order chi connectivity index (χ0) is 14.5. The number of hydrogen-bond donors (Lipinski definition) is 1. The Kier molecular flexibility index (Phi) is 4.44. The summed E-state index contributed by atoms with van der Waals surface area (Å²) in [5.74, 6) is -0.656. The van der Waals surface area contributed by atoms with Gasteiger partial charge in [-0.15, -0.1) is 0 Å². The van der Waals surface area contributed by atoms with Crippen molar-refractivity contribution in [3.63, 3.8) is 0 Å². The summed E-state index contributed by atoms with van der Waals surface area (Å²) in [6.45, 7) is 2.15. The first kappa shape index (κ1) is 14.2. The highest BCUT2D eigenvalue weighted by Gasteiger charge is 2.08. The number of nitrogens with zero attached hydrogens (tertiary/aromatic N) is 1. The molecule has 1 unspecified atom stereocenters. The lowest BCUT2D eigenvalue weighted by Gasteiger charge is -2.15. The Morgan fingerprint density at radius 3 is 2.70 bits per heavy atom. The molecule has 0 saturated carbocycles. The summed E-state index contributed by atoms with van der Waals surface area (Å²) < 4.78 is 26.7. The molecule has 0 aromatic heterocycles. The predicted molar refractivity (Wildman–Crippen MR) is 72.8 cm³/mol. The van der Waals surface area contributed by atoms with Crippen LogP contribution in [0.3, 0.4) is 0 Å². The predicted octanol–water partition coefficient (Wildman–Crippen LogP) is 3.69. The molecule has 0 saturated heterocycles. The van der Waals surface area contributed by atoms with E-state index in [1.54, 1.807) is 6.07 Å². The molecule has 0 heterocycles. The molecule has 2 nitrogen and oxygen atoms in total. The Hall–Kier alpha value is -2.25. The minimum Gasteiger partial charge on any atom is -0.306 e. The monoisotopic (exact) mass is 272 g/mol. The number of rotatable bonds is 4. The molecule has 2 aromatic carbocycles. The van der Waals surface area contributed by atoms with Crippen molar-refractivity contribution < 1.29 is 8.78 Å². The van der Waals surface area contributed by atoms with E-state index in [4.69, 9.17) is 5.26 Å². The standard InChI is InChI=1S/C16H14F2N2/c1-11(13-3-2-4-15(17)8-13)20-10-14-7-12(9-19)5-6-16(14)18/h2-8,11,20H,10H2,1H3. The molecule has 0 aliphatic rings. The van der Waals surface area contributed by atoms with E-state index in [2.05, 4.69) is 5.32 Å². The average Bonchev–Trinajstić information content (AvgIpc) is 2.46. The highest BCUT2D eigenvalue weighted by molar-refractivity contribution is 5.33. The quantitative estimate of drug-likeness (QED) is 0.921. The molecule has 0 amide bonds. The van der Waals surface area contributed by atoms with Crippen LogP contribution in [0.15, 0.2) is 42.5 Å². The Labute approximate surface area is 116 Å². The summed E-state index contributed by atoms with van der Waals surface area (Å²) in [7, 11) is 0. The van der Waals surface area contributed by atoms with E-state index in [9.17, 15) is 8.78 Å². The van der Waals surface area contributed by atoms with Gasteiger partial charge in [-0.1, -0.05) is 12.1 Å². The lowest BCUT2D eigenvalue weighted by Crippen LogP contribution is -2.19. The first-order valence-electron chi connectivity index (χ1n) is 6.27. The lowest BCUT2D eigenvalue weighted by molar-refractivity contribution is 0.540. The van der Waals surface area contributed by atoms with Gasteiger partial charge in [0, 0.05) is 18.2 Å². The van der Waals surface area contributed by atoms with Crippen LogP contribution in [0.4, 0.5) is 8.78 Å². The van der Waals surface area contributed by atoms with E-state index in [1.165, 1.54) is 30.3 Å². The SMILES string of the molecule is CC(NCc1cc(C#N)ccc1F)c1cccc(F)c1. The van der Waals surface area contributed by atoms with E-state index in [0.717, 1.165) is 5.56 Å². The fourth-order valence-electron chi connectivity index (χ4n) is 1.94. The molecule has 20 heavy (non-hydrogen) atoms. The number of hydrogen-bond acceptors (Lipinski definition) is 2. The molecule has 2 aromatic rings. The van der Waals surface area contributed by atoms with E-state index in [-0.39, 0.29) is 24.2 Å². The normalized spacial score (nSPS) is 11.9. The highest BCUT2D eigenvalue weighted by atomic mass is 19.1. The number of halogens is 2. The van der Waals surface area contributed by atoms with Crippen LogP contribution in [-0.4, -0.2) is 0 Å². The fraction of sp³-hybridized carbons (Fsp3) is 0.188. The Bertz CT molecular complexity index is 647. The first-order valence-corrected chi connectivity index (χ1v) is 6.27. The van der Waals surface area contributed by atoms with Gasteiger partial charge in [0.15, 0.2) is 0 Å². The lowest BCUT2D eigenvalue weighted by atomic mass is 10.1. The minimum atomic E-state index is -0.358. The van der Waals surface area contributed by atoms with Crippen molar-refractivity contribution in [1.82, 2.24) is 5.32 Å². The van der Waals surface area contributed by atoms with E-state index >= 15 is 0 Å². The topological polar surface area (TPSA) is 35.8 Å². The minimum absolute atomic E-state index is 0.115. The maximum absolute atomic E-state index is 13.6. The molecule has 0 radical (unpaired) electrons. The van der Waals surface area contributed by atoms with Gasteiger partial charge >= 0.3 is 0 Å². The summed E-state index contributed by atoms with van der Waals surface area (Å²) in [4.78, 5) is 0. The summed E-state index contributed by atoms with van der Waals surface area (Å²) >= 11 is 0. The van der Waals surface area contributed by atoms with Crippen LogP contribution in [-0.2, 0) is 6.54 Å². The second-order valence-corrected chi connectivity index (χ2v) is 4.58. The molecule has 0 bridgehead atoms. The van der Waals surface area contributed by atoms with E-state index < -0.39 is 0 Å². The van der Waals surface area contributed by atoms with Crippen molar-refractivity contribution in [2.75, 3.05) is 0 Å². The zero-order valence-corrected chi connectivity index (χ0v) is 11.0. The van der Waals surface area contributed by atoms with E-state index in [0.29, 0.717) is 11.1 Å². The summed E-state index contributed by atoms with van der Waals surface area (Å²) in [5.41, 5.74) is 1.63. The van der Waals surface area contributed by atoms with Crippen molar-refractivity contribution in [3.8, 4) is 6.07 Å². The smallest absolute Gasteiger partial charge is 0.127 e. The highest BCUT2D eigenvalue weighted by Crippen LogP contribution is 2.16. The number of nitrogens with one attached hydrogen (secondary N) is 1. The number of benzene rings is 2. The maximum atomic E-state index is 13.6. The molecule has 102 valence electrons. The van der Waals surface area contributed by atoms with E-state index in [1.807, 2.05) is 19.1 Å². The molecule has 2 rings (SSSR count). The Balaban J connectivity index is 2.07. The van der Waals surface area contributed by atoms with Crippen molar-refractivity contribution in [2.24, 2.45) is 0 Å². The second kappa shape index (κ2) is 6.27. The molecule has 1 atom stereocenters. The van der Waals surface area contributed by atoms with Crippen LogP contribution >= 0.6 is 0 Å². The molecule has 4 heteroatoms. The zero-order valence-electron chi connectivity index (χ0n) is 11.0. The van der Waals surface area contributed by atoms with Crippen LogP contribution in [0.5, 0.6) is 0 Å². The second-order valence-electron chi connectivity index (χ2n) is 4.58. The van der Waals surface area contributed by atoms with Crippen LogP contribution in [0.2, 0.25) is 0 Å². The van der Waals surface area contributed by atoms with Gasteiger partial charge in [0.2, 0.25) is 0 Å². The number of nitriles is 1. The molecule has 1 N–H and O–H groups in total. The Morgan fingerprint density at radius 1 is 1.20 bits per heavy atom. The van der Waals surface area contributed by atoms with Gasteiger partial charge in [-0.05, 0) is 42.8 Å². The summed E-state index contributed by atoms with van der Waals surface area (Å²) in [5, 5.41) is 11.9. The average molecular weight is 272 g/mol. The summed E-state index contributed by atoms with van der Waals surface area (Å²) in [6, 6.07) is 12.4. The molecule has 0 aliphatic heterocycles. The van der Waals surface area contributed by atoms with Crippen LogP contribution in [0.25, 0.3) is 0 Å². The molecule has 0 fully saturated rings. The largest absolute Gasteiger partial charge is 0.306 e. The van der Waals surface area contributed by atoms with Crippen molar-refractivity contribution in [2.45, 2.75) is 19.5 Å². The van der Waals surface area contributed by atoms with Crippen molar-refractivity contribution >= 4 is 0 Å². The summed E-state index contributed by atoms with van der Waals surface area (Å²) in [6.07, 6.45) is 0. The third-order valence-electron chi connectivity index (χ3n) is 3.12. The molecular weight excluding hydrogens is 258 g/mol. The molecule has 0 aliphatic carbocycles. The van der Waals surface area contributed by atoms with Gasteiger partial charge < -0.3 is 5.32 Å². The van der Waals surface area contributed by atoms with Crippen molar-refractivity contribution in [1.29, 1.82) is 5.26 Å². The van der Waals surface area contributed by atoms with Crippen molar-refractivity contribution in [3.05, 3.63) is 70.8 Å². The molecule has 0 spiro atoms. The fourth-order valence-corrected chi connectivity index (χ4v) is 1.94. The van der Waals surface area contributed by atoms with Gasteiger partial charge in [-0.3, -0.25) is 0 Å². The van der Waals surface area contributed by atoms with Gasteiger partial charge in [-0.2, -0.15) is 5.26 Å². The van der Waals surface area contributed by atoms with Crippen LogP contribution < -0.4 is 5.32 Å². The van der Waals surface area contributed by atoms with Crippen LogP contribution in [0, 0.1) is 23.0 Å². The van der Waals surface area contributed by atoms with Gasteiger partial charge in [-0.25, -0.2) is 8.78 Å². The van der Waals surface area contributed by atoms with Gasteiger partial charge in [0.05, 0.1) is 11.6 Å². The first-order chi connectivity index (χ1) is 9.60. The molecular formula is C16H14F2N2. The Morgan fingerprint density at radius 2 is 2.00 bits per heavy atom. The van der Waals surface area contributed by atoms with Crippen LogP contribution in [0.1, 0.15) is 29.7 Å². The van der Waals surface area contributed by atoms with Gasteiger partial charge in [0.25, 0.3) is 0 Å². The third kappa shape index (κ3) is 3.40. The van der Waals surface area contributed by atoms with Gasteiger partial charge in [0.1, 0.15) is 11.6 Å². The third-order valence-corrected chi connectivity index (χ3v) is 3.12.